The van der Waals surface area contributed by atoms with E-state index in [2.05, 4.69) is 0 Å². The van der Waals surface area contributed by atoms with Crippen molar-refractivity contribution in [2.24, 2.45) is 0 Å². The lowest BCUT2D eigenvalue weighted by molar-refractivity contribution is -0.171. The van der Waals surface area contributed by atoms with Crippen molar-refractivity contribution in [2.45, 2.75) is 19.1 Å². The lowest BCUT2D eigenvalue weighted by Crippen LogP contribution is -2.33. The molecular weight excluding hydrogens is 346 g/mol. The molecule has 0 spiro atoms. The highest BCUT2D eigenvalue weighted by Gasteiger charge is 2.39. The van der Waals surface area contributed by atoms with Gasteiger partial charge in [0.15, 0.2) is 0 Å². The van der Waals surface area contributed by atoms with E-state index < -0.39 is 23.9 Å². The molecule has 0 bridgehead atoms. The lowest BCUT2D eigenvalue weighted by Gasteiger charge is -2.15. The second kappa shape index (κ2) is 5.98. The zero-order chi connectivity index (χ0) is 17.6. The maximum absolute atomic E-state index is 12.2. The summed E-state index contributed by atoms with van der Waals surface area (Å²) in [4.78, 5) is 41.6. The van der Waals surface area contributed by atoms with Gasteiger partial charge >= 0.3 is 5.97 Å². The Balaban J connectivity index is 1.46. The number of rotatable bonds is 3. The zero-order valence-corrected chi connectivity index (χ0v) is 13.7. The molecular formula is C18H12ClNO5. The van der Waals surface area contributed by atoms with Gasteiger partial charge in [-0.25, -0.2) is 4.79 Å². The largest absolute Gasteiger partial charge is 0.368 e. The minimum atomic E-state index is -0.720. The number of carbonyl (C=O) groups excluding carboxylic acids is 3. The van der Waals surface area contributed by atoms with E-state index in [0.29, 0.717) is 16.7 Å². The highest BCUT2D eigenvalue weighted by Crippen LogP contribution is 2.35. The summed E-state index contributed by atoms with van der Waals surface area (Å²) >= 11 is 5.94. The van der Waals surface area contributed by atoms with Crippen molar-refractivity contribution in [3.8, 4) is 0 Å². The number of benzene rings is 2. The van der Waals surface area contributed by atoms with Crippen LogP contribution in [0.2, 0.25) is 5.02 Å². The van der Waals surface area contributed by atoms with Gasteiger partial charge in [0.05, 0.1) is 30.3 Å². The van der Waals surface area contributed by atoms with Gasteiger partial charge in [-0.2, -0.15) is 0 Å². The molecule has 2 aliphatic heterocycles. The number of halogens is 1. The first-order valence-corrected chi connectivity index (χ1v) is 8.01. The van der Waals surface area contributed by atoms with Crippen LogP contribution in [0.1, 0.15) is 44.4 Å². The minimum Gasteiger partial charge on any atom is -0.368 e. The predicted octanol–water partition coefficient (Wildman–Crippen LogP) is 3.06. The van der Waals surface area contributed by atoms with E-state index in [1.165, 1.54) is 12.1 Å². The zero-order valence-electron chi connectivity index (χ0n) is 12.9. The molecule has 126 valence electrons. The number of carbonyl (C=O) groups is 3. The van der Waals surface area contributed by atoms with Crippen LogP contribution in [0.15, 0.2) is 42.5 Å². The second-order valence-corrected chi connectivity index (χ2v) is 6.20. The van der Waals surface area contributed by atoms with E-state index in [1.54, 1.807) is 30.3 Å². The first-order valence-electron chi connectivity index (χ1n) is 7.63. The molecule has 2 heterocycles. The van der Waals surface area contributed by atoms with Crippen molar-refractivity contribution in [1.29, 1.82) is 0 Å². The normalized spacial score (nSPS) is 18.3. The van der Waals surface area contributed by atoms with Crippen LogP contribution in [-0.4, -0.2) is 22.8 Å². The molecule has 1 unspecified atom stereocenters. The number of hydrogen-bond acceptors (Lipinski definition) is 5. The van der Waals surface area contributed by atoms with Crippen LogP contribution >= 0.6 is 11.6 Å². The Morgan fingerprint density at radius 3 is 2.52 bits per heavy atom. The Bertz CT molecular complexity index is 875. The third-order valence-electron chi connectivity index (χ3n) is 4.19. The molecule has 4 rings (SSSR count). The van der Waals surface area contributed by atoms with Crippen molar-refractivity contribution in [2.75, 3.05) is 0 Å². The Morgan fingerprint density at radius 2 is 1.84 bits per heavy atom. The van der Waals surface area contributed by atoms with Gasteiger partial charge in [-0.15, -0.1) is 0 Å². The lowest BCUT2D eigenvalue weighted by atomic mass is 10.0. The predicted molar refractivity (Wildman–Crippen MR) is 86.6 cm³/mol. The smallest absolute Gasteiger partial charge is 0.336 e. The molecule has 0 radical (unpaired) electrons. The third-order valence-corrected chi connectivity index (χ3v) is 4.43. The van der Waals surface area contributed by atoms with Gasteiger partial charge in [-0.05, 0) is 35.4 Å². The van der Waals surface area contributed by atoms with Gasteiger partial charge < -0.3 is 9.57 Å². The standard InChI is InChI=1S/C18H12ClNO5/c19-11-5-6-12-10(7-11)9-24-15(12)8-16(21)25-20-17(22)13-3-1-2-4-14(13)18(20)23/h1-7,15H,8-9H2. The average molecular weight is 358 g/mol. The Hall–Kier alpha value is -2.70. The van der Waals surface area contributed by atoms with Gasteiger partial charge in [0.25, 0.3) is 11.8 Å². The Labute approximate surface area is 147 Å². The first kappa shape index (κ1) is 15.8. The summed E-state index contributed by atoms with van der Waals surface area (Å²) in [5.74, 6) is -2.01. The maximum atomic E-state index is 12.2. The molecule has 0 saturated heterocycles. The molecule has 0 aliphatic carbocycles. The van der Waals surface area contributed by atoms with Crippen molar-refractivity contribution >= 4 is 29.4 Å². The molecule has 0 saturated carbocycles. The second-order valence-electron chi connectivity index (χ2n) is 5.76. The molecule has 2 amide bonds. The molecule has 0 aromatic heterocycles. The van der Waals surface area contributed by atoms with E-state index in [9.17, 15) is 14.4 Å². The first-order chi connectivity index (χ1) is 12.0. The SMILES string of the molecule is O=C(CC1OCc2cc(Cl)ccc21)ON1C(=O)c2ccccc2C1=O. The molecule has 1 atom stereocenters. The number of hydroxylamine groups is 2. The fourth-order valence-electron chi connectivity index (χ4n) is 3.00. The van der Waals surface area contributed by atoms with E-state index in [-0.39, 0.29) is 17.5 Å². The van der Waals surface area contributed by atoms with Gasteiger partial charge in [-0.1, -0.05) is 34.9 Å². The number of hydrogen-bond donors (Lipinski definition) is 0. The van der Waals surface area contributed by atoms with E-state index in [1.807, 2.05) is 0 Å². The summed E-state index contributed by atoms with van der Waals surface area (Å²) in [6, 6.07) is 11.6. The van der Waals surface area contributed by atoms with Gasteiger partial charge in [-0.3, -0.25) is 9.59 Å². The molecule has 6 nitrogen and oxygen atoms in total. The van der Waals surface area contributed by atoms with Crippen molar-refractivity contribution in [3.05, 3.63) is 69.7 Å². The van der Waals surface area contributed by atoms with Crippen LogP contribution in [0.5, 0.6) is 0 Å². The summed E-state index contributed by atoms with van der Waals surface area (Å²) in [5.41, 5.74) is 2.20. The summed E-state index contributed by atoms with van der Waals surface area (Å²) < 4.78 is 5.58. The summed E-state index contributed by atoms with van der Waals surface area (Å²) in [6.07, 6.45) is -0.600. The minimum absolute atomic E-state index is 0.109. The van der Waals surface area contributed by atoms with Crippen molar-refractivity contribution in [3.63, 3.8) is 0 Å². The van der Waals surface area contributed by atoms with Gasteiger partial charge in [0, 0.05) is 5.02 Å². The third kappa shape index (κ3) is 2.69. The molecule has 2 aromatic rings. The van der Waals surface area contributed by atoms with Crippen LogP contribution in [0.25, 0.3) is 0 Å². The van der Waals surface area contributed by atoms with E-state index in [0.717, 1.165) is 11.1 Å². The molecule has 7 heteroatoms. The maximum Gasteiger partial charge on any atom is 0.336 e. The van der Waals surface area contributed by atoms with Crippen LogP contribution in [0.4, 0.5) is 0 Å². The topological polar surface area (TPSA) is 72.9 Å². The monoisotopic (exact) mass is 357 g/mol. The number of nitrogens with zero attached hydrogens (tertiary/aromatic N) is 1. The highest BCUT2D eigenvalue weighted by molar-refractivity contribution is 6.30. The van der Waals surface area contributed by atoms with Crippen LogP contribution < -0.4 is 0 Å². The van der Waals surface area contributed by atoms with Crippen LogP contribution in [0.3, 0.4) is 0 Å². The molecule has 0 N–H and O–H groups in total. The van der Waals surface area contributed by atoms with E-state index >= 15 is 0 Å². The Kier molecular flexibility index (Phi) is 3.78. The van der Waals surface area contributed by atoms with Gasteiger partial charge in [0.2, 0.25) is 0 Å². The quantitative estimate of drug-likeness (QED) is 0.789. The Morgan fingerprint density at radius 1 is 1.16 bits per heavy atom. The fourth-order valence-corrected chi connectivity index (χ4v) is 3.20. The summed E-state index contributed by atoms with van der Waals surface area (Å²) in [5, 5.41) is 1.10. The average Bonchev–Trinajstić information content (AvgIpc) is 3.09. The van der Waals surface area contributed by atoms with Crippen molar-refractivity contribution in [1.82, 2.24) is 5.06 Å². The number of amides is 2. The van der Waals surface area contributed by atoms with E-state index in [4.69, 9.17) is 21.2 Å². The number of fused-ring (bicyclic) bond motifs is 2. The number of ether oxygens (including phenoxy) is 1. The molecule has 2 aliphatic rings. The summed E-state index contributed by atoms with van der Waals surface area (Å²) in [6.45, 7) is 0.348. The molecule has 0 fully saturated rings. The van der Waals surface area contributed by atoms with Crippen molar-refractivity contribution < 1.29 is 24.0 Å². The fraction of sp³-hybridized carbons (Fsp3) is 0.167. The summed E-state index contributed by atoms with van der Waals surface area (Å²) in [7, 11) is 0. The highest BCUT2D eigenvalue weighted by atomic mass is 35.5. The molecule has 2 aromatic carbocycles. The van der Waals surface area contributed by atoms with Gasteiger partial charge in [0.1, 0.15) is 0 Å². The van der Waals surface area contributed by atoms with Crippen LogP contribution in [0, 0.1) is 0 Å². The molecule has 25 heavy (non-hydrogen) atoms. The van der Waals surface area contributed by atoms with Crippen LogP contribution in [-0.2, 0) is 21.0 Å². The number of imide groups is 1.